The second kappa shape index (κ2) is 13.5. The number of nitrogens with zero attached hydrogens (tertiary/aromatic N) is 3. The number of ketones is 1. The van der Waals surface area contributed by atoms with Crippen molar-refractivity contribution >= 4 is 35.1 Å². The van der Waals surface area contributed by atoms with Gasteiger partial charge in [0.25, 0.3) is 5.91 Å². The third-order valence-electron chi connectivity index (χ3n) is 8.86. The lowest BCUT2D eigenvalue weighted by atomic mass is 9.83. The maximum absolute atomic E-state index is 13.7. The zero-order chi connectivity index (χ0) is 29.7. The summed E-state index contributed by atoms with van der Waals surface area (Å²) in [6.45, 7) is 4.26. The van der Waals surface area contributed by atoms with Gasteiger partial charge in [0.2, 0.25) is 17.7 Å². The molecule has 3 aliphatic rings. The van der Waals surface area contributed by atoms with Crippen LogP contribution in [0.1, 0.15) is 75.6 Å². The lowest BCUT2D eigenvalue weighted by Crippen LogP contribution is -2.54. The molecule has 0 radical (unpaired) electrons. The lowest BCUT2D eigenvalue weighted by molar-refractivity contribution is -0.139. The summed E-state index contributed by atoms with van der Waals surface area (Å²) in [5.41, 5.74) is 1.60. The first-order chi connectivity index (χ1) is 19.6. The summed E-state index contributed by atoms with van der Waals surface area (Å²) in [7, 11) is 3.89. The van der Waals surface area contributed by atoms with Crippen LogP contribution in [0.2, 0.25) is 0 Å². The average Bonchev–Trinajstić information content (AvgIpc) is 3.53. The van der Waals surface area contributed by atoms with Crippen LogP contribution in [0.3, 0.4) is 0 Å². The van der Waals surface area contributed by atoms with Gasteiger partial charge in [0.15, 0.2) is 5.78 Å². The van der Waals surface area contributed by atoms with Gasteiger partial charge in [0.05, 0.1) is 12.6 Å². The highest BCUT2D eigenvalue weighted by Crippen LogP contribution is 2.34. The topological polar surface area (TPSA) is 119 Å². The van der Waals surface area contributed by atoms with Crippen LogP contribution in [-0.4, -0.2) is 91.1 Å². The Labute approximate surface area is 243 Å². The van der Waals surface area contributed by atoms with Gasteiger partial charge in [0.1, 0.15) is 12.1 Å². The minimum atomic E-state index is -0.620. The molecule has 1 aliphatic carbocycles. The van der Waals surface area contributed by atoms with E-state index in [1.54, 1.807) is 21.9 Å². The Morgan fingerprint density at radius 1 is 1.00 bits per heavy atom. The third-order valence-corrected chi connectivity index (χ3v) is 8.86. The minimum Gasteiger partial charge on any atom is -0.378 e. The minimum absolute atomic E-state index is 0.0160. The van der Waals surface area contributed by atoms with Gasteiger partial charge in [-0.05, 0) is 61.8 Å². The molecule has 0 spiro atoms. The number of rotatable bonds is 10. The molecule has 2 aliphatic heterocycles. The molecule has 2 saturated heterocycles. The van der Waals surface area contributed by atoms with Crippen LogP contribution in [0.15, 0.2) is 24.3 Å². The van der Waals surface area contributed by atoms with Crippen LogP contribution >= 0.6 is 0 Å². The van der Waals surface area contributed by atoms with Gasteiger partial charge in [0, 0.05) is 51.8 Å². The molecule has 4 rings (SSSR count). The number of likely N-dealkylation sites (tertiary alicyclic amines) is 2. The van der Waals surface area contributed by atoms with Gasteiger partial charge in [-0.1, -0.05) is 26.2 Å². The Hall–Kier alpha value is -3.43. The largest absolute Gasteiger partial charge is 0.378 e. The smallest absolute Gasteiger partial charge is 0.251 e. The van der Waals surface area contributed by atoms with Crippen LogP contribution in [0, 0.1) is 11.8 Å². The molecule has 224 valence electrons. The van der Waals surface area contributed by atoms with E-state index in [9.17, 15) is 24.0 Å². The van der Waals surface area contributed by atoms with Gasteiger partial charge < -0.3 is 25.3 Å². The predicted octanol–water partition coefficient (Wildman–Crippen LogP) is 2.36. The highest BCUT2D eigenvalue weighted by Gasteiger charge is 2.52. The molecule has 2 N–H and O–H groups in total. The number of hydrogen-bond donors (Lipinski definition) is 2. The van der Waals surface area contributed by atoms with Crippen molar-refractivity contribution in [1.82, 2.24) is 20.4 Å². The number of hydrogen-bond acceptors (Lipinski definition) is 6. The number of carbonyl (C=O) groups excluding carboxylic acids is 5. The second-order valence-electron chi connectivity index (χ2n) is 12.2. The number of Topliss-reactive ketones (excluding diaryl/α,β-unsaturated/α-hetero) is 1. The summed E-state index contributed by atoms with van der Waals surface area (Å²) in [6, 6.07) is 5.80. The van der Waals surface area contributed by atoms with Gasteiger partial charge in [-0.25, -0.2) is 0 Å². The molecule has 41 heavy (non-hydrogen) atoms. The molecule has 4 atom stereocenters. The van der Waals surface area contributed by atoms with Gasteiger partial charge >= 0.3 is 0 Å². The summed E-state index contributed by atoms with van der Waals surface area (Å²) in [5.74, 6) is -0.698. The van der Waals surface area contributed by atoms with Crippen LogP contribution in [0.5, 0.6) is 0 Å². The summed E-state index contributed by atoms with van der Waals surface area (Å²) in [6.07, 6.45) is 6.44. The van der Waals surface area contributed by atoms with Crippen molar-refractivity contribution in [1.29, 1.82) is 0 Å². The first-order valence-electron chi connectivity index (χ1n) is 15.0. The molecule has 4 unspecified atom stereocenters. The number of anilines is 1. The molecular weight excluding hydrogens is 522 g/mol. The molecule has 1 saturated carbocycles. The lowest BCUT2D eigenvalue weighted by Gasteiger charge is -2.34. The monoisotopic (exact) mass is 567 g/mol. The molecular formula is C31H45N5O5. The molecule has 0 aromatic heterocycles. The fraction of sp³-hybridized carbons (Fsp3) is 0.645. The maximum atomic E-state index is 13.7. The van der Waals surface area contributed by atoms with E-state index in [0.29, 0.717) is 31.5 Å². The fourth-order valence-corrected chi connectivity index (χ4v) is 6.60. The summed E-state index contributed by atoms with van der Waals surface area (Å²) < 4.78 is 0. The van der Waals surface area contributed by atoms with E-state index in [0.717, 1.165) is 37.8 Å². The summed E-state index contributed by atoms with van der Waals surface area (Å²) in [5, 5.41) is 5.80. The number of carbonyl (C=O) groups is 5. The molecule has 10 heteroatoms. The normalized spacial score (nSPS) is 22.2. The van der Waals surface area contributed by atoms with Crippen LogP contribution in [0.4, 0.5) is 5.69 Å². The van der Waals surface area contributed by atoms with Gasteiger partial charge in [-0.2, -0.15) is 0 Å². The first-order valence-corrected chi connectivity index (χ1v) is 15.0. The van der Waals surface area contributed by atoms with E-state index in [4.69, 9.17) is 0 Å². The van der Waals surface area contributed by atoms with Crippen molar-refractivity contribution in [3.63, 3.8) is 0 Å². The van der Waals surface area contributed by atoms with Crippen LogP contribution < -0.4 is 15.5 Å². The molecule has 4 amide bonds. The Bertz CT molecular complexity index is 1130. The average molecular weight is 568 g/mol. The summed E-state index contributed by atoms with van der Waals surface area (Å²) >= 11 is 0. The van der Waals surface area contributed by atoms with Crippen molar-refractivity contribution in [2.75, 3.05) is 38.6 Å². The molecule has 1 aromatic carbocycles. The molecule has 10 nitrogen and oxygen atoms in total. The second-order valence-corrected chi connectivity index (χ2v) is 12.2. The van der Waals surface area contributed by atoms with E-state index in [2.05, 4.69) is 10.6 Å². The maximum Gasteiger partial charge on any atom is 0.251 e. The Kier molecular flexibility index (Phi) is 10.0. The standard InChI is InChI=1S/C31H45N5O5/c1-20(14-16-32-30(40)23-10-12-24(13-11-23)34(3)4)18-27(39)35-17-15-25-29(35)26(38)19-36(25)31(41)28(33-21(2)37)22-8-6-5-7-9-22/h10-13,20,22,25,28-29H,5-9,14-19H2,1-4H3,(H,32,40)(H,33,37). The number of benzene rings is 1. The Balaban J connectivity index is 1.29. The molecule has 3 fully saturated rings. The predicted molar refractivity (Wildman–Crippen MR) is 156 cm³/mol. The third kappa shape index (κ3) is 7.26. The Morgan fingerprint density at radius 2 is 1.68 bits per heavy atom. The van der Waals surface area contributed by atoms with Crippen molar-refractivity contribution in [2.24, 2.45) is 11.8 Å². The molecule has 0 bridgehead atoms. The first kappa shape index (κ1) is 30.5. The zero-order valence-corrected chi connectivity index (χ0v) is 24.9. The number of nitrogens with one attached hydrogen (secondary N) is 2. The SMILES string of the molecule is CC(=O)NC(C(=O)N1CC(=O)C2C1CCN2C(=O)CC(C)CCNC(=O)c1ccc(N(C)C)cc1)C1CCCCC1. The zero-order valence-electron chi connectivity index (χ0n) is 24.9. The summed E-state index contributed by atoms with van der Waals surface area (Å²) in [4.78, 5) is 69.7. The van der Waals surface area contributed by atoms with E-state index in [1.807, 2.05) is 38.1 Å². The van der Waals surface area contributed by atoms with Crippen molar-refractivity contribution in [2.45, 2.75) is 83.3 Å². The van der Waals surface area contributed by atoms with E-state index in [-0.39, 0.29) is 60.3 Å². The highest BCUT2D eigenvalue weighted by molar-refractivity contribution is 5.99. The van der Waals surface area contributed by atoms with Crippen LogP contribution in [-0.2, 0) is 19.2 Å². The van der Waals surface area contributed by atoms with E-state index in [1.165, 1.54) is 6.92 Å². The number of fused-ring (bicyclic) bond motifs is 1. The molecule has 2 heterocycles. The van der Waals surface area contributed by atoms with E-state index >= 15 is 0 Å². The van der Waals surface area contributed by atoms with Crippen molar-refractivity contribution in [3.8, 4) is 0 Å². The molecule has 1 aromatic rings. The van der Waals surface area contributed by atoms with Gasteiger partial charge in [-0.15, -0.1) is 0 Å². The number of amides is 4. The quantitative estimate of drug-likeness (QED) is 0.448. The van der Waals surface area contributed by atoms with Crippen LogP contribution in [0.25, 0.3) is 0 Å². The van der Waals surface area contributed by atoms with E-state index < -0.39 is 12.1 Å². The highest BCUT2D eigenvalue weighted by atomic mass is 16.2. The van der Waals surface area contributed by atoms with Crippen molar-refractivity contribution < 1.29 is 24.0 Å². The Morgan fingerprint density at radius 3 is 2.32 bits per heavy atom. The van der Waals surface area contributed by atoms with Crippen molar-refractivity contribution in [3.05, 3.63) is 29.8 Å². The van der Waals surface area contributed by atoms with Gasteiger partial charge in [-0.3, -0.25) is 24.0 Å². The fourth-order valence-electron chi connectivity index (χ4n) is 6.60.